The summed E-state index contributed by atoms with van der Waals surface area (Å²) in [6.07, 6.45) is 1.12. The number of nitrogens with zero attached hydrogens (tertiary/aromatic N) is 1. The summed E-state index contributed by atoms with van der Waals surface area (Å²) in [6, 6.07) is 9.95. The molecule has 0 bridgehead atoms. The second-order valence-corrected chi connectivity index (χ2v) is 4.79. The maximum atomic E-state index is 11.3. The average molecular weight is 248 g/mol. The van der Waals surface area contributed by atoms with Gasteiger partial charge in [0, 0.05) is 13.1 Å². The Hall–Kier alpha value is -1.39. The third-order valence-corrected chi connectivity index (χ3v) is 3.50. The van der Waals surface area contributed by atoms with Gasteiger partial charge in [-0.1, -0.05) is 30.3 Å². The lowest BCUT2D eigenvalue weighted by atomic mass is 9.99. The van der Waals surface area contributed by atoms with Crippen molar-refractivity contribution in [3.63, 3.8) is 0 Å². The second-order valence-electron chi connectivity index (χ2n) is 4.79. The van der Waals surface area contributed by atoms with Gasteiger partial charge in [0.1, 0.15) is 6.04 Å². The van der Waals surface area contributed by atoms with Crippen molar-refractivity contribution in [2.45, 2.75) is 18.4 Å². The zero-order valence-electron chi connectivity index (χ0n) is 10.7. The number of rotatable bonds is 4. The average Bonchev–Trinajstić information content (AvgIpc) is 2.87. The summed E-state index contributed by atoms with van der Waals surface area (Å²) in [5.74, 6) is 0.217. The van der Waals surface area contributed by atoms with Crippen LogP contribution in [0, 0.1) is 0 Å². The van der Waals surface area contributed by atoms with Crippen LogP contribution in [-0.2, 0) is 9.53 Å². The summed E-state index contributed by atoms with van der Waals surface area (Å²) in [5, 5.41) is 0. The lowest BCUT2D eigenvalue weighted by Crippen LogP contribution is -2.42. The predicted molar refractivity (Wildman–Crippen MR) is 70.2 cm³/mol. The Morgan fingerprint density at radius 1 is 1.50 bits per heavy atom. The molecule has 0 amide bonds. The number of esters is 1. The first-order chi connectivity index (χ1) is 8.70. The number of carbonyl (C=O) groups excluding carboxylic acids is 1. The minimum atomic E-state index is -0.537. The highest BCUT2D eigenvalue weighted by Gasteiger charge is 2.26. The molecule has 1 aliphatic heterocycles. The van der Waals surface area contributed by atoms with Gasteiger partial charge in [0.15, 0.2) is 0 Å². The molecular weight excluding hydrogens is 228 g/mol. The molecule has 18 heavy (non-hydrogen) atoms. The van der Waals surface area contributed by atoms with Crippen LogP contribution >= 0.6 is 0 Å². The Bertz CT molecular complexity index is 394. The van der Waals surface area contributed by atoms with Crippen LogP contribution in [0.25, 0.3) is 0 Å². The Balaban J connectivity index is 1.87. The van der Waals surface area contributed by atoms with Crippen LogP contribution in [0.3, 0.4) is 0 Å². The molecule has 98 valence electrons. The summed E-state index contributed by atoms with van der Waals surface area (Å²) in [7, 11) is 1.37. The van der Waals surface area contributed by atoms with Crippen molar-refractivity contribution in [2.75, 3.05) is 26.7 Å². The maximum absolute atomic E-state index is 11.3. The molecule has 2 N–H and O–H groups in total. The Morgan fingerprint density at radius 2 is 2.22 bits per heavy atom. The summed E-state index contributed by atoms with van der Waals surface area (Å²) >= 11 is 0. The Morgan fingerprint density at radius 3 is 2.89 bits per heavy atom. The summed E-state index contributed by atoms with van der Waals surface area (Å²) in [6.45, 7) is 2.54. The number of nitrogens with two attached hydrogens (primary N) is 1. The summed E-state index contributed by atoms with van der Waals surface area (Å²) in [4.78, 5) is 13.5. The fourth-order valence-electron chi connectivity index (χ4n) is 2.50. The van der Waals surface area contributed by atoms with E-state index in [1.54, 1.807) is 0 Å². The van der Waals surface area contributed by atoms with Gasteiger partial charge in [0.25, 0.3) is 0 Å². The van der Waals surface area contributed by atoms with Gasteiger partial charge >= 0.3 is 5.97 Å². The van der Waals surface area contributed by atoms with Gasteiger partial charge in [0.2, 0.25) is 0 Å². The molecule has 0 saturated carbocycles. The first kappa shape index (κ1) is 13.1. The highest BCUT2D eigenvalue weighted by molar-refractivity contribution is 5.75. The van der Waals surface area contributed by atoms with Gasteiger partial charge < -0.3 is 15.4 Å². The molecule has 0 aliphatic carbocycles. The van der Waals surface area contributed by atoms with E-state index in [0.29, 0.717) is 12.5 Å². The molecule has 0 spiro atoms. The number of hydrogen-bond acceptors (Lipinski definition) is 4. The standard InChI is InChI=1S/C14H20N2O2/c1-18-14(17)13(15)10-16-8-7-12(9-16)11-5-3-2-4-6-11/h2-6,12-13H,7-10,15H2,1H3. The van der Waals surface area contributed by atoms with Crippen molar-refractivity contribution < 1.29 is 9.53 Å². The lowest BCUT2D eigenvalue weighted by Gasteiger charge is -2.19. The zero-order chi connectivity index (χ0) is 13.0. The minimum Gasteiger partial charge on any atom is -0.468 e. The fourth-order valence-corrected chi connectivity index (χ4v) is 2.50. The molecule has 2 unspecified atom stereocenters. The van der Waals surface area contributed by atoms with Gasteiger partial charge in [-0.2, -0.15) is 0 Å². The molecule has 4 heteroatoms. The normalized spacial score (nSPS) is 21.8. The molecule has 1 aromatic carbocycles. The maximum Gasteiger partial charge on any atom is 0.323 e. The van der Waals surface area contributed by atoms with E-state index < -0.39 is 6.04 Å². The van der Waals surface area contributed by atoms with E-state index in [-0.39, 0.29) is 5.97 Å². The van der Waals surface area contributed by atoms with Gasteiger partial charge in [-0.05, 0) is 24.4 Å². The van der Waals surface area contributed by atoms with Crippen molar-refractivity contribution in [2.24, 2.45) is 5.73 Å². The third-order valence-electron chi connectivity index (χ3n) is 3.50. The van der Waals surface area contributed by atoms with Crippen LogP contribution in [0.4, 0.5) is 0 Å². The topological polar surface area (TPSA) is 55.6 Å². The SMILES string of the molecule is COC(=O)C(N)CN1CCC(c2ccccc2)C1. The van der Waals surface area contributed by atoms with E-state index >= 15 is 0 Å². The molecule has 1 saturated heterocycles. The summed E-state index contributed by atoms with van der Waals surface area (Å²) in [5.41, 5.74) is 7.14. The number of benzene rings is 1. The molecule has 1 fully saturated rings. The van der Waals surface area contributed by atoms with E-state index in [1.807, 2.05) is 6.07 Å². The van der Waals surface area contributed by atoms with Crippen LogP contribution in [0.1, 0.15) is 17.9 Å². The van der Waals surface area contributed by atoms with Crippen molar-refractivity contribution >= 4 is 5.97 Å². The number of methoxy groups -OCH3 is 1. The van der Waals surface area contributed by atoms with Crippen LogP contribution < -0.4 is 5.73 Å². The molecule has 1 aromatic rings. The lowest BCUT2D eigenvalue weighted by molar-refractivity contribution is -0.142. The van der Waals surface area contributed by atoms with Crippen LogP contribution in [0.15, 0.2) is 30.3 Å². The highest BCUT2D eigenvalue weighted by Crippen LogP contribution is 2.26. The molecule has 2 atom stereocenters. The van der Waals surface area contributed by atoms with Gasteiger partial charge in [0.05, 0.1) is 7.11 Å². The van der Waals surface area contributed by atoms with Gasteiger partial charge in [-0.15, -0.1) is 0 Å². The summed E-state index contributed by atoms with van der Waals surface area (Å²) < 4.78 is 4.64. The molecule has 0 aromatic heterocycles. The quantitative estimate of drug-likeness (QED) is 0.807. The van der Waals surface area contributed by atoms with Crippen molar-refractivity contribution in [1.82, 2.24) is 4.90 Å². The number of ether oxygens (including phenoxy) is 1. The molecule has 1 heterocycles. The third kappa shape index (κ3) is 3.09. The van der Waals surface area contributed by atoms with Crippen LogP contribution in [0.5, 0.6) is 0 Å². The highest BCUT2D eigenvalue weighted by atomic mass is 16.5. The van der Waals surface area contributed by atoms with Crippen molar-refractivity contribution in [1.29, 1.82) is 0 Å². The van der Waals surface area contributed by atoms with E-state index in [9.17, 15) is 4.79 Å². The molecule has 0 radical (unpaired) electrons. The zero-order valence-corrected chi connectivity index (χ0v) is 10.7. The molecule has 1 aliphatic rings. The first-order valence-electron chi connectivity index (χ1n) is 6.31. The van der Waals surface area contributed by atoms with E-state index in [4.69, 9.17) is 5.73 Å². The van der Waals surface area contributed by atoms with Gasteiger partial charge in [-0.25, -0.2) is 0 Å². The number of carbonyl (C=O) groups is 1. The largest absolute Gasteiger partial charge is 0.468 e. The van der Waals surface area contributed by atoms with E-state index in [0.717, 1.165) is 19.5 Å². The van der Waals surface area contributed by atoms with Crippen molar-refractivity contribution in [3.8, 4) is 0 Å². The molecular formula is C14H20N2O2. The predicted octanol–water partition coefficient (Wildman–Crippen LogP) is 0.976. The van der Waals surface area contributed by atoms with Crippen LogP contribution in [0.2, 0.25) is 0 Å². The smallest absolute Gasteiger partial charge is 0.323 e. The van der Waals surface area contributed by atoms with Crippen LogP contribution in [-0.4, -0.2) is 43.7 Å². The number of likely N-dealkylation sites (tertiary alicyclic amines) is 1. The Labute approximate surface area is 108 Å². The van der Waals surface area contributed by atoms with Crippen molar-refractivity contribution in [3.05, 3.63) is 35.9 Å². The molecule has 2 rings (SSSR count). The van der Waals surface area contributed by atoms with E-state index in [1.165, 1.54) is 12.7 Å². The van der Waals surface area contributed by atoms with Gasteiger partial charge in [-0.3, -0.25) is 4.79 Å². The first-order valence-corrected chi connectivity index (χ1v) is 6.31. The fraction of sp³-hybridized carbons (Fsp3) is 0.500. The monoisotopic (exact) mass is 248 g/mol. The number of hydrogen-bond donors (Lipinski definition) is 1. The Kier molecular flexibility index (Phi) is 4.33. The minimum absolute atomic E-state index is 0.335. The van der Waals surface area contributed by atoms with E-state index in [2.05, 4.69) is 33.9 Å². The second kappa shape index (κ2) is 5.98. The molecule has 4 nitrogen and oxygen atoms in total.